The molecule has 136 valence electrons. The van der Waals surface area contributed by atoms with Crippen LogP contribution in [0.4, 0.5) is 0 Å². The predicted molar refractivity (Wildman–Crippen MR) is 101 cm³/mol. The lowest BCUT2D eigenvalue weighted by molar-refractivity contribution is -0.141. The highest BCUT2D eigenvalue weighted by molar-refractivity contribution is 8.01. The molecule has 2 atom stereocenters. The Labute approximate surface area is 158 Å². The summed E-state index contributed by atoms with van der Waals surface area (Å²) in [5.41, 5.74) is 15.0. The number of carbonyl (C=O) groups excluding carboxylic acids is 2. The van der Waals surface area contributed by atoms with E-state index in [1.54, 1.807) is 32.9 Å². The number of aromatic nitrogens is 3. The van der Waals surface area contributed by atoms with Crippen LogP contribution >= 0.6 is 23.5 Å². The zero-order valence-electron chi connectivity index (χ0n) is 14.3. The molecule has 26 heavy (non-hydrogen) atoms. The molecular weight excluding hydrogens is 372 g/mol. The van der Waals surface area contributed by atoms with Crippen molar-refractivity contribution in [3.05, 3.63) is 34.8 Å². The van der Waals surface area contributed by atoms with Gasteiger partial charge in [0.15, 0.2) is 5.65 Å². The van der Waals surface area contributed by atoms with Crippen molar-refractivity contribution in [1.82, 2.24) is 19.5 Å². The maximum absolute atomic E-state index is 12.0. The van der Waals surface area contributed by atoms with E-state index in [0.29, 0.717) is 11.2 Å². The summed E-state index contributed by atoms with van der Waals surface area (Å²) in [6.07, 6.45) is 1.44. The number of fused-ring (bicyclic) bond motifs is 2. The third-order valence-corrected chi connectivity index (χ3v) is 7.05. The number of hydrogen-bond acceptors (Lipinski definition) is 7. The van der Waals surface area contributed by atoms with Crippen molar-refractivity contribution in [1.29, 1.82) is 0 Å². The molecule has 10 heteroatoms. The second-order valence-corrected chi connectivity index (χ2v) is 8.41. The van der Waals surface area contributed by atoms with Crippen molar-refractivity contribution < 1.29 is 9.59 Å². The number of nitrogens with two attached hydrogens (primary N) is 2. The maximum Gasteiger partial charge on any atom is 0.254 e. The van der Waals surface area contributed by atoms with Crippen LogP contribution in [0.1, 0.15) is 23.0 Å². The van der Waals surface area contributed by atoms with Gasteiger partial charge in [0.25, 0.3) is 5.91 Å². The first kappa shape index (κ1) is 17.4. The van der Waals surface area contributed by atoms with Crippen molar-refractivity contribution in [3.8, 4) is 0 Å². The second-order valence-electron chi connectivity index (χ2n) is 6.31. The van der Waals surface area contributed by atoms with Crippen molar-refractivity contribution in [3.63, 3.8) is 0 Å². The fraction of sp³-hybridized carbons (Fsp3) is 0.375. The van der Waals surface area contributed by atoms with Gasteiger partial charge in [-0.15, -0.1) is 23.5 Å². The fourth-order valence-corrected chi connectivity index (χ4v) is 5.81. The first-order valence-electron chi connectivity index (χ1n) is 8.05. The molecular formula is C16H18N6O2S2. The Hall–Kier alpha value is -2.04. The number of allylic oxidation sites excluding steroid dienone is 1. The summed E-state index contributed by atoms with van der Waals surface area (Å²) in [5.74, 6) is 1.01. The van der Waals surface area contributed by atoms with Crippen molar-refractivity contribution >= 4 is 41.0 Å². The Kier molecular flexibility index (Phi) is 4.20. The Morgan fingerprint density at radius 3 is 2.96 bits per heavy atom. The van der Waals surface area contributed by atoms with Gasteiger partial charge < -0.3 is 16.4 Å². The van der Waals surface area contributed by atoms with Gasteiger partial charge in [-0.3, -0.25) is 9.59 Å². The van der Waals surface area contributed by atoms with E-state index in [9.17, 15) is 9.59 Å². The minimum Gasteiger partial charge on any atom is -0.365 e. The van der Waals surface area contributed by atoms with Crippen molar-refractivity contribution in [2.24, 2.45) is 11.5 Å². The van der Waals surface area contributed by atoms with Gasteiger partial charge in [0, 0.05) is 22.9 Å². The van der Waals surface area contributed by atoms with Gasteiger partial charge in [-0.1, -0.05) is 0 Å². The molecule has 4 rings (SSSR count). The average Bonchev–Trinajstić information content (AvgIpc) is 3.03. The number of hydrogen-bond donors (Lipinski definition) is 2. The van der Waals surface area contributed by atoms with Crippen LogP contribution in [0, 0.1) is 6.92 Å². The van der Waals surface area contributed by atoms with E-state index < -0.39 is 5.91 Å². The molecule has 0 saturated carbocycles. The predicted octanol–water partition coefficient (Wildman–Crippen LogP) is 0.745. The monoisotopic (exact) mass is 390 g/mol. The molecule has 8 nitrogen and oxygen atoms in total. The maximum atomic E-state index is 12.0. The van der Waals surface area contributed by atoms with Crippen LogP contribution < -0.4 is 11.5 Å². The van der Waals surface area contributed by atoms with Crippen LogP contribution in [0.2, 0.25) is 0 Å². The van der Waals surface area contributed by atoms with Gasteiger partial charge >= 0.3 is 0 Å². The number of aryl methyl sites for hydroxylation is 1. The van der Waals surface area contributed by atoms with Gasteiger partial charge in [0.2, 0.25) is 5.91 Å². The van der Waals surface area contributed by atoms with Gasteiger partial charge in [0.05, 0.1) is 6.20 Å². The van der Waals surface area contributed by atoms with Crippen LogP contribution in [0.15, 0.2) is 28.6 Å². The highest BCUT2D eigenvalue weighted by Crippen LogP contribution is 2.40. The summed E-state index contributed by atoms with van der Waals surface area (Å²) >= 11 is 3.30. The number of nitrogens with zero attached hydrogens (tertiary/aromatic N) is 4. The molecule has 2 aliphatic rings. The molecule has 0 aromatic carbocycles. The summed E-state index contributed by atoms with van der Waals surface area (Å²) in [6.45, 7) is 3.84. The third kappa shape index (κ3) is 2.60. The van der Waals surface area contributed by atoms with E-state index in [2.05, 4.69) is 10.1 Å². The van der Waals surface area contributed by atoms with Gasteiger partial charge in [0.1, 0.15) is 22.0 Å². The van der Waals surface area contributed by atoms with Crippen LogP contribution in [0.5, 0.6) is 0 Å². The molecule has 2 aliphatic heterocycles. The zero-order valence-corrected chi connectivity index (χ0v) is 15.9. The Bertz CT molecular complexity index is 969. The van der Waals surface area contributed by atoms with Crippen LogP contribution in [-0.2, 0) is 4.79 Å². The topological polar surface area (TPSA) is 120 Å². The lowest BCUT2D eigenvalue weighted by Crippen LogP contribution is -2.67. The van der Waals surface area contributed by atoms with Gasteiger partial charge in [-0.2, -0.15) is 5.10 Å². The van der Waals surface area contributed by atoms with E-state index in [1.165, 1.54) is 11.8 Å². The molecule has 1 fully saturated rings. The molecule has 2 amide bonds. The molecule has 4 heterocycles. The molecule has 1 saturated heterocycles. The fourth-order valence-electron chi connectivity index (χ4n) is 3.12. The number of β-lactam (4-membered cyclic amide) rings is 1. The molecule has 2 aromatic heterocycles. The summed E-state index contributed by atoms with van der Waals surface area (Å²) in [7, 11) is 0. The molecule has 0 bridgehead atoms. The van der Waals surface area contributed by atoms with Crippen LogP contribution in [0.25, 0.3) is 5.65 Å². The number of thioether (sulfide) groups is 2. The quantitative estimate of drug-likeness (QED) is 0.449. The molecule has 0 radical (unpaired) electrons. The minimum atomic E-state index is -0.546. The second kappa shape index (κ2) is 6.29. The molecule has 0 aliphatic carbocycles. The molecule has 2 aromatic rings. The minimum absolute atomic E-state index is 0.0116. The number of rotatable bonds is 4. The van der Waals surface area contributed by atoms with Gasteiger partial charge in [-0.25, -0.2) is 9.50 Å². The lowest BCUT2D eigenvalue weighted by atomic mass is 10.1. The first-order chi connectivity index (χ1) is 12.4. The Morgan fingerprint density at radius 1 is 1.46 bits per heavy atom. The Morgan fingerprint density at radius 2 is 2.23 bits per heavy atom. The van der Waals surface area contributed by atoms with Crippen LogP contribution in [-0.4, -0.2) is 54.2 Å². The summed E-state index contributed by atoms with van der Waals surface area (Å²) in [5, 5.41) is 5.19. The van der Waals surface area contributed by atoms with Gasteiger partial charge in [-0.05, 0) is 25.5 Å². The molecule has 0 unspecified atom stereocenters. The summed E-state index contributed by atoms with van der Waals surface area (Å²) in [6, 6.07) is 1.54. The standard InChI is InChI=1S/C16H18N6O2S2/c1-7-3-11(22-14(20-7)10(4-19-22)13(18)23)25-5-9-6-26-16-12(17)15(24)21(16)8(9)2/h3-4,12,16H,5-6,17H2,1-2H3,(H2,18,23)/t12-,16-/m1/s1. The largest absolute Gasteiger partial charge is 0.365 e. The van der Waals surface area contributed by atoms with E-state index >= 15 is 0 Å². The van der Waals surface area contributed by atoms with Crippen LogP contribution in [0.3, 0.4) is 0 Å². The van der Waals surface area contributed by atoms with E-state index in [1.807, 2.05) is 19.9 Å². The van der Waals surface area contributed by atoms with E-state index in [4.69, 9.17) is 11.5 Å². The first-order valence-corrected chi connectivity index (χ1v) is 10.1. The highest BCUT2D eigenvalue weighted by atomic mass is 32.2. The number of primary amides is 1. The zero-order chi connectivity index (χ0) is 18.6. The number of amides is 2. The van der Waals surface area contributed by atoms with E-state index in [0.717, 1.165) is 27.9 Å². The van der Waals surface area contributed by atoms with E-state index in [-0.39, 0.29) is 17.3 Å². The smallest absolute Gasteiger partial charge is 0.254 e. The SMILES string of the molecule is CC1=C(CSc2cc(C)nc3c(C(N)=O)cnn23)CS[C@@H]2[C@H](N)C(=O)N12. The Balaban J connectivity index is 1.61. The van der Waals surface area contributed by atoms with Crippen molar-refractivity contribution in [2.75, 3.05) is 11.5 Å². The third-order valence-electron chi connectivity index (χ3n) is 4.61. The number of carbonyl (C=O) groups is 2. The molecule has 4 N–H and O–H groups in total. The molecule has 0 spiro atoms. The highest BCUT2D eigenvalue weighted by Gasteiger charge is 2.48. The average molecular weight is 390 g/mol. The normalized spacial score (nSPS) is 22.6. The summed E-state index contributed by atoms with van der Waals surface area (Å²) < 4.78 is 1.64. The van der Waals surface area contributed by atoms with Crippen molar-refractivity contribution in [2.45, 2.75) is 30.3 Å². The summed E-state index contributed by atoms with van der Waals surface area (Å²) in [4.78, 5) is 29.7. The lowest BCUT2D eigenvalue weighted by Gasteiger charge is -2.48.